The van der Waals surface area contributed by atoms with E-state index >= 15 is 0 Å². The Morgan fingerprint density at radius 1 is 1.35 bits per heavy atom. The first kappa shape index (κ1) is 12.1. The SMILES string of the molecule is CN(C)CCn1nnc(-c2ccc(Br)cn2)n1. The van der Waals surface area contributed by atoms with Crippen LogP contribution in [0.3, 0.4) is 0 Å². The first-order chi connectivity index (χ1) is 8.15. The molecule has 6 nitrogen and oxygen atoms in total. The van der Waals surface area contributed by atoms with Gasteiger partial charge in [0, 0.05) is 17.2 Å². The summed E-state index contributed by atoms with van der Waals surface area (Å²) in [6.07, 6.45) is 1.72. The molecular weight excluding hydrogens is 284 g/mol. The maximum Gasteiger partial charge on any atom is 0.223 e. The maximum atomic E-state index is 4.27. The van der Waals surface area contributed by atoms with Gasteiger partial charge in [-0.05, 0) is 47.4 Å². The zero-order valence-corrected chi connectivity index (χ0v) is 11.3. The van der Waals surface area contributed by atoms with E-state index in [9.17, 15) is 0 Å². The van der Waals surface area contributed by atoms with Crippen LogP contribution in [0, 0.1) is 0 Å². The van der Waals surface area contributed by atoms with E-state index in [4.69, 9.17) is 0 Å². The number of pyridine rings is 1. The Kier molecular flexibility index (Phi) is 3.80. The van der Waals surface area contributed by atoms with Crippen molar-refractivity contribution in [3.63, 3.8) is 0 Å². The molecule has 2 heterocycles. The number of aromatic nitrogens is 5. The minimum absolute atomic E-state index is 0.552. The molecule has 2 aromatic heterocycles. The number of rotatable bonds is 4. The number of nitrogens with zero attached hydrogens (tertiary/aromatic N) is 6. The smallest absolute Gasteiger partial charge is 0.223 e. The van der Waals surface area contributed by atoms with Crippen LogP contribution >= 0.6 is 15.9 Å². The van der Waals surface area contributed by atoms with E-state index in [2.05, 4.69) is 41.2 Å². The van der Waals surface area contributed by atoms with E-state index in [1.165, 1.54) is 0 Å². The normalized spacial score (nSPS) is 11.1. The molecular formula is C10H13BrN6. The Bertz CT molecular complexity index is 478. The molecule has 17 heavy (non-hydrogen) atoms. The number of likely N-dealkylation sites (N-methyl/N-ethyl adjacent to an activating group) is 1. The van der Waals surface area contributed by atoms with Gasteiger partial charge in [-0.3, -0.25) is 4.98 Å². The summed E-state index contributed by atoms with van der Waals surface area (Å²) >= 11 is 3.33. The van der Waals surface area contributed by atoms with Gasteiger partial charge in [-0.25, -0.2) is 0 Å². The molecule has 0 atom stereocenters. The predicted octanol–water partition coefficient (Wildman–Crippen LogP) is 1.06. The minimum atomic E-state index is 0.552. The van der Waals surface area contributed by atoms with Gasteiger partial charge in [0.05, 0.1) is 6.54 Å². The van der Waals surface area contributed by atoms with E-state index in [1.807, 2.05) is 26.2 Å². The van der Waals surface area contributed by atoms with Crippen LogP contribution in [0.4, 0.5) is 0 Å². The number of halogens is 1. The highest BCUT2D eigenvalue weighted by Crippen LogP contribution is 2.13. The monoisotopic (exact) mass is 296 g/mol. The highest BCUT2D eigenvalue weighted by atomic mass is 79.9. The second-order valence-corrected chi connectivity index (χ2v) is 4.79. The highest BCUT2D eigenvalue weighted by Gasteiger charge is 2.06. The predicted molar refractivity (Wildman–Crippen MR) is 67.3 cm³/mol. The Balaban J connectivity index is 2.10. The summed E-state index contributed by atoms with van der Waals surface area (Å²) in [5, 5.41) is 12.2. The van der Waals surface area contributed by atoms with E-state index in [-0.39, 0.29) is 0 Å². The summed E-state index contributed by atoms with van der Waals surface area (Å²) in [5.74, 6) is 0.552. The molecule has 2 rings (SSSR count). The average Bonchev–Trinajstić information content (AvgIpc) is 2.76. The van der Waals surface area contributed by atoms with Crippen molar-refractivity contribution in [3.05, 3.63) is 22.8 Å². The van der Waals surface area contributed by atoms with Gasteiger partial charge in [0.25, 0.3) is 0 Å². The molecule has 0 unspecified atom stereocenters. The zero-order valence-electron chi connectivity index (χ0n) is 9.71. The average molecular weight is 297 g/mol. The van der Waals surface area contributed by atoms with Crippen molar-refractivity contribution in [2.24, 2.45) is 0 Å². The van der Waals surface area contributed by atoms with Crippen LogP contribution in [0.15, 0.2) is 22.8 Å². The largest absolute Gasteiger partial charge is 0.307 e. The first-order valence-electron chi connectivity index (χ1n) is 5.19. The highest BCUT2D eigenvalue weighted by molar-refractivity contribution is 9.10. The van der Waals surface area contributed by atoms with Crippen molar-refractivity contribution in [1.82, 2.24) is 30.1 Å². The molecule has 0 bridgehead atoms. The minimum Gasteiger partial charge on any atom is -0.307 e. The number of tetrazole rings is 1. The van der Waals surface area contributed by atoms with Crippen LogP contribution in [0.2, 0.25) is 0 Å². The van der Waals surface area contributed by atoms with Crippen molar-refractivity contribution < 1.29 is 0 Å². The number of hydrogen-bond donors (Lipinski definition) is 0. The fraction of sp³-hybridized carbons (Fsp3) is 0.400. The zero-order chi connectivity index (χ0) is 12.3. The van der Waals surface area contributed by atoms with E-state index < -0.39 is 0 Å². The van der Waals surface area contributed by atoms with Crippen LogP contribution in [0.1, 0.15) is 0 Å². The Morgan fingerprint density at radius 2 is 2.18 bits per heavy atom. The fourth-order valence-electron chi connectivity index (χ4n) is 1.24. The molecule has 0 radical (unpaired) electrons. The van der Waals surface area contributed by atoms with Gasteiger partial charge in [0.1, 0.15) is 5.69 Å². The first-order valence-corrected chi connectivity index (χ1v) is 5.99. The van der Waals surface area contributed by atoms with Gasteiger partial charge in [-0.2, -0.15) is 4.80 Å². The molecule has 0 amide bonds. The van der Waals surface area contributed by atoms with Crippen LogP contribution in [-0.4, -0.2) is 50.7 Å². The van der Waals surface area contributed by atoms with E-state index in [1.54, 1.807) is 11.0 Å². The molecule has 0 aliphatic heterocycles. The van der Waals surface area contributed by atoms with E-state index in [0.717, 1.165) is 23.3 Å². The Morgan fingerprint density at radius 3 is 2.82 bits per heavy atom. The molecule has 0 aliphatic rings. The molecule has 0 aliphatic carbocycles. The third-order valence-electron chi connectivity index (χ3n) is 2.16. The molecule has 0 N–H and O–H groups in total. The second kappa shape index (κ2) is 5.33. The standard InChI is InChI=1S/C10H13BrN6/c1-16(2)5-6-17-14-10(13-15-17)9-4-3-8(11)7-12-9/h3-4,7H,5-6H2,1-2H3. The second-order valence-electron chi connectivity index (χ2n) is 3.87. The lowest BCUT2D eigenvalue weighted by Crippen LogP contribution is -2.19. The van der Waals surface area contributed by atoms with Crippen LogP contribution in [0.25, 0.3) is 11.5 Å². The Hall–Kier alpha value is -1.34. The third-order valence-corrected chi connectivity index (χ3v) is 2.63. The summed E-state index contributed by atoms with van der Waals surface area (Å²) in [6.45, 7) is 1.60. The summed E-state index contributed by atoms with van der Waals surface area (Å²) in [4.78, 5) is 7.87. The lowest BCUT2D eigenvalue weighted by atomic mass is 10.3. The molecule has 7 heteroatoms. The molecule has 0 saturated carbocycles. The van der Waals surface area contributed by atoms with E-state index in [0.29, 0.717) is 5.82 Å². The summed E-state index contributed by atoms with van der Waals surface area (Å²) in [5.41, 5.74) is 0.726. The summed E-state index contributed by atoms with van der Waals surface area (Å²) in [6, 6.07) is 3.76. The maximum absolute atomic E-state index is 4.27. The van der Waals surface area contributed by atoms with Gasteiger partial charge in [-0.1, -0.05) is 0 Å². The van der Waals surface area contributed by atoms with Gasteiger partial charge in [-0.15, -0.1) is 10.2 Å². The van der Waals surface area contributed by atoms with Crippen LogP contribution < -0.4 is 0 Å². The molecule has 2 aromatic rings. The van der Waals surface area contributed by atoms with Crippen LogP contribution in [0.5, 0.6) is 0 Å². The van der Waals surface area contributed by atoms with Gasteiger partial charge < -0.3 is 4.90 Å². The van der Waals surface area contributed by atoms with Crippen molar-refractivity contribution in [2.45, 2.75) is 6.54 Å². The number of hydrogen-bond acceptors (Lipinski definition) is 5. The van der Waals surface area contributed by atoms with Crippen molar-refractivity contribution in [3.8, 4) is 11.5 Å². The molecule has 90 valence electrons. The molecule has 0 aromatic carbocycles. The lowest BCUT2D eigenvalue weighted by molar-refractivity contribution is 0.355. The summed E-state index contributed by atoms with van der Waals surface area (Å²) < 4.78 is 0.932. The van der Waals surface area contributed by atoms with Gasteiger partial charge >= 0.3 is 0 Å². The third kappa shape index (κ3) is 3.31. The lowest BCUT2D eigenvalue weighted by Gasteiger charge is -2.06. The van der Waals surface area contributed by atoms with Crippen LogP contribution in [-0.2, 0) is 6.54 Å². The molecule has 0 fully saturated rings. The van der Waals surface area contributed by atoms with Gasteiger partial charge in [0.2, 0.25) is 5.82 Å². The molecule has 0 saturated heterocycles. The Labute approximate surface area is 108 Å². The quantitative estimate of drug-likeness (QED) is 0.844. The van der Waals surface area contributed by atoms with Gasteiger partial charge in [0.15, 0.2) is 0 Å². The molecule has 0 spiro atoms. The van der Waals surface area contributed by atoms with Crippen molar-refractivity contribution >= 4 is 15.9 Å². The van der Waals surface area contributed by atoms with Crippen molar-refractivity contribution in [1.29, 1.82) is 0 Å². The van der Waals surface area contributed by atoms with Crippen molar-refractivity contribution in [2.75, 3.05) is 20.6 Å². The topological polar surface area (TPSA) is 59.7 Å². The summed E-state index contributed by atoms with van der Waals surface area (Å²) in [7, 11) is 4.02. The fourth-order valence-corrected chi connectivity index (χ4v) is 1.47.